The number of nitrogens with one attached hydrogen (secondary N) is 2. The van der Waals surface area contributed by atoms with E-state index in [4.69, 9.17) is 32.7 Å². The Morgan fingerprint density at radius 3 is 2.07 bits per heavy atom. The van der Waals surface area contributed by atoms with Gasteiger partial charge in [0.15, 0.2) is 11.5 Å². The topological polar surface area (TPSA) is 97.0 Å². The first-order chi connectivity index (χ1) is 20.5. The molecule has 8 nitrogen and oxygen atoms in total. The highest BCUT2D eigenvalue weighted by Gasteiger charge is 2.32. The minimum absolute atomic E-state index is 0.00654. The van der Waals surface area contributed by atoms with Crippen molar-refractivity contribution >= 4 is 46.6 Å². The number of anilines is 1. The lowest BCUT2D eigenvalue weighted by Gasteiger charge is -2.39. The van der Waals surface area contributed by atoms with Gasteiger partial charge < -0.3 is 25.0 Å². The zero-order valence-corrected chi connectivity index (χ0v) is 25.9. The molecule has 3 unspecified atom stereocenters. The molecule has 1 aliphatic heterocycles. The van der Waals surface area contributed by atoms with Crippen molar-refractivity contribution in [2.75, 3.05) is 19.5 Å². The lowest BCUT2D eigenvalue weighted by molar-refractivity contribution is -0.136. The van der Waals surface area contributed by atoms with Crippen LogP contribution in [0.3, 0.4) is 0 Å². The van der Waals surface area contributed by atoms with Crippen LogP contribution in [-0.2, 0) is 16.0 Å². The standard InChI is InChI=1S/C32H34Cl2FN3O5/c1-18-6-5-7-19(2)38(18)32(41)25-16-28(42-3)29(43-4)17-27(25)37-31(40)30(39)36-26(12-20-8-10-24(35)11-9-20)21-13-22(33)15-23(34)14-21/h8-11,13-19,26H,5-7,12H2,1-4H3,(H,36,39)(H,37,40). The van der Waals surface area contributed by atoms with Crippen LogP contribution in [0.4, 0.5) is 10.1 Å². The molecule has 11 heteroatoms. The Kier molecular flexibility index (Phi) is 10.5. The van der Waals surface area contributed by atoms with Crippen molar-refractivity contribution < 1.29 is 28.2 Å². The van der Waals surface area contributed by atoms with E-state index < -0.39 is 23.7 Å². The predicted octanol–water partition coefficient (Wildman–Crippen LogP) is 6.59. The number of nitrogens with zero attached hydrogens (tertiary/aromatic N) is 1. The number of methoxy groups -OCH3 is 2. The van der Waals surface area contributed by atoms with Gasteiger partial charge in [-0.25, -0.2) is 4.39 Å². The van der Waals surface area contributed by atoms with Crippen LogP contribution in [0.5, 0.6) is 11.5 Å². The molecule has 1 heterocycles. The van der Waals surface area contributed by atoms with E-state index >= 15 is 0 Å². The van der Waals surface area contributed by atoms with Crippen molar-refractivity contribution in [3.63, 3.8) is 0 Å². The number of hydrogen-bond acceptors (Lipinski definition) is 5. The van der Waals surface area contributed by atoms with E-state index in [2.05, 4.69) is 10.6 Å². The average Bonchev–Trinajstić information content (AvgIpc) is 2.96. The first-order valence-corrected chi connectivity index (χ1v) is 14.7. The number of hydrogen-bond donors (Lipinski definition) is 2. The molecule has 228 valence electrons. The Labute approximate surface area is 260 Å². The molecule has 43 heavy (non-hydrogen) atoms. The van der Waals surface area contributed by atoms with Crippen LogP contribution in [0, 0.1) is 5.82 Å². The molecule has 0 saturated carbocycles. The molecule has 3 amide bonds. The molecule has 3 aromatic rings. The Bertz CT molecular complexity index is 1470. The summed E-state index contributed by atoms with van der Waals surface area (Å²) in [5, 5.41) is 6.03. The molecule has 0 aliphatic carbocycles. The summed E-state index contributed by atoms with van der Waals surface area (Å²) in [4.78, 5) is 42.3. The highest BCUT2D eigenvalue weighted by molar-refractivity contribution is 6.40. The normalized spacial score (nSPS) is 17.1. The van der Waals surface area contributed by atoms with E-state index in [1.165, 1.54) is 38.5 Å². The van der Waals surface area contributed by atoms with Crippen molar-refractivity contribution in [3.05, 3.63) is 87.2 Å². The predicted molar refractivity (Wildman–Crippen MR) is 165 cm³/mol. The first kappa shape index (κ1) is 32.1. The Morgan fingerprint density at radius 2 is 1.49 bits per heavy atom. The minimum atomic E-state index is -1.00. The molecular weight excluding hydrogens is 596 g/mol. The molecule has 1 fully saturated rings. The molecule has 0 spiro atoms. The lowest BCUT2D eigenvalue weighted by atomic mass is 9.96. The highest BCUT2D eigenvalue weighted by Crippen LogP contribution is 2.36. The van der Waals surface area contributed by atoms with Gasteiger partial charge in [-0.3, -0.25) is 14.4 Å². The number of amides is 3. The summed E-state index contributed by atoms with van der Waals surface area (Å²) in [5.74, 6) is -2.07. The zero-order chi connectivity index (χ0) is 31.3. The quantitative estimate of drug-likeness (QED) is 0.274. The second kappa shape index (κ2) is 14.1. The summed E-state index contributed by atoms with van der Waals surface area (Å²) in [6, 6.07) is 12.8. The third kappa shape index (κ3) is 7.77. The van der Waals surface area contributed by atoms with Gasteiger partial charge >= 0.3 is 11.8 Å². The van der Waals surface area contributed by atoms with Crippen molar-refractivity contribution in [3.8, 4) is 11.5 Å². The van der Waals surface area contributed by atoms with Crippen molar-refractivity contribution in [2.45, 2.75) is 57.7 Å². The molecule has 2 N–H and O–H groups in total. The Morgan fingerprint density at radius 1 is 0.907 bits per heavy atom. The van der Waals surface area contributed by atoms with Crippen LogP contribution in [0.15, 0.2) is 54.6 Å². The van der Waals surface area contributed by atoms with Crippen LogP contribution in [-0.4, -0.2) is 48.9 Å². The number of likely N-dealkylation sites (tertiary alicyclic amines) is 1. The SMILES string of the molecule is COc1cc(NC(=O)C(=O)NC(Cc2ccc(F)cc2)c2cc(Cl)cc(Cl)c2)c(C(=O)N2C(C)CCCC2C)cc1OC. The number of halogens is 3. The summed E-state index contributed by atoms with van der Waals surface area (Å²) >= 11 is 12.5. The van der Waals surface area contributed by atoms with Crippen LogP contribution >= 0.6 is 23.2 Å². The van der Waals surface area contributed by atoms with Crippen molar-refractivity contribution in [2.24, 2.45) is 0 Å². The van der Waals surface area contributed by atoms with Crippen molar-refractivity contribution in [1.29, 1.82) is 0 Å². The summed E-state index contributed by atoms with van der Waals surface area (Å²) < 4.78 is 24.4. The zero-order valence-electron chi connectivity index (χ0n) is 24.4. The van der Waals surface area contributed by atoms with Crippen LogP contribution < -0.4 is 20.1 Å². The maximum Gasteiger partial charge on any atom is 0.313 e. The fourth-order valence-corrected chi connectivity index (χ4v) is 5.95. The highest BCUT2D eigenvalue weighted by atomic mass is 35.5. The van der Waals surface area contributed by atoms with Gasteiger partial charge in [0, 0.05) is 28.2 Å². The monoisotopic (exact) mass is 629 g/mol. The summed E-state index contributed by atoms with van der Waals surface area (Å²) in [6.45, 7) is 3.98. The fourth-order valence-electron chi connectivity index (χ4n) is 5.41. The lowest BCUT2D eigenvalue weighted by Crippen LogP contribution is -2.47. The van der Waals surface area contributed by atoms with Gasteiger partial charge in [-0.05, 0) is 87.1 Å². The van der Waals surface area contributed by atoms with E-state index in [-0.39, 0.29) is 41.4 Å². The number of benzene rings is 3. The van der Waals surface area contributed by atoms with Crippen molar-refractivity contribution in [1.82, 2.24) is 10.2 Å². The molecule has 1 saturated heterocycles. The maximum atomic E-state index is 13.8. The largest absolute Gasteiger partial charge is 0.493 e. The van der Waals surface area contributed by atoms with Gasteiger partial charge in [0.25, 0.3) is 5.91 Å². The molecule has 0 bridgehead atoms. The number of ether oxygens (including phenoxy) is 2. The average molecular weight is 631 g/mol. The molecule has 1 aliphatic rings. The van der Waals surface area contributed by atoms with E-state index in [9.17, 15) is 18.8 Å². The van der Waals surface area contributed by atoms with E-state index in [1.54, 1.807) is 35.2 Å². The Balaban J connectivity index is 1.63. The molecule has 3 aromatic carbocycles. The van der Waals surface area contributed by atoms with E-state index in [0.29, 0.717) is 26.9 Å². The fraction of sp³-hybridized carbons (Fsp3) is 0.344. The maximum absolute atomic E-state index is 13.8. The van der Waals surface area contributed by atoms with Crippen LogP contribution in [0.25, 0.3) is 0 Å². The Hall–Kier alpha value is -3.82. The number of carbonyl (C=O) groups is 3. The summed E-state index contributed by atoms with van der Waals surface area (Å²) in [7, 11) is 2.88. The second-order valence-electron chi connectivity index (χ2n) is 10.6. The smallest absolute Gasteiger partial charge is 0.313 e. The summed E-state index contributed by atoms with van der Waals surface area (Å²) in [6.07, 6.45) is 2.95. The van der Waals surface area contributed by atoms with E-state index in [1.807, 2.05) is 13.8 Å². The van der Waals surface area contributed by atoms with Crippen LogP contribution in [0.2, 0.25) is 10.0 Å². The molecular formula is C32H34Cl2FN3O5. The van der Waals surface area contributed by atoms with Gasteiger partial charge in [0.2, 0.25) is 0 Å². The summed E-state index contributed by atoms with van der Waals surface area (Å²) in [5.41, 5.74) is 1.54. The molecule has 4 rings (SSSR count). The third-order valence-corrected chi connectivity index (χ3v) is 8.02. The van der Waals surface area contributed by atoms with Gasteiger partial charge in [0.1, 0.15) is 5.82 Å². The van der Waals surface area contributed by atoms with Gasteiger partial charge in [-0.15, -0.1) is 0 Å². The van der Waals surface area contributed by atoms with E-state index in [0.717, 1.165) is 19.3 Å². The van der Waals surface area contributed by atoms with Gasteiger partial charge in [-0.1, -0.05) is 35.3 Å². The third-order valence-electron chi connectivity index (χ3n) is 7.58. The number of carbonyl (C=O) groups excluding carboxylic acids is 3. The number of rotatable bonds is 8. The van der Waals surface area contributed by atoms with Gasteiger partial charge in [0.05, 0.1) is 31.5 Å². The second-order valence-corrected chi connectivity index (χ2v) is 11.5. The van der Waals surface area contributed by atoms with Gasteiger partial charge in [-0.2, -0.15) is 0 Å². The van der Waals surface area contributed by atoms with Crippen LogP contribution in [0.1, 0.15) is 60.6 Å². The number of piperidine rings is 1. The molecule has 0 aromatic heterocycles. The molecule has 3 atom stereocenters. The molecule has 0 radical (unpaired) electrons. The minimum Gasteiger partial charge on any atom is -0.493 e. The first-order valence-electron chi connectivity index (χ1n) is 13.9.